The van der Waals surface area contributed by atoms with E-state index in [4.69, 9.17) is 27.9 Å². The van der Waals surface area contributed by atoms with Crippen LogP contribution in [-0.2, 0) is 4.74 Å². The van der Waals surface area contributed by atoms with E-state index in [9.17, 15) is 0 Å². The van der Waals surface area contributed by atoms with Crippen LogP contribution in [0, 0.1) is 0 Å². The van der Waals surface area contributed by atoms with Crippen LogP contribution in [0.2, 0.25) is 0 Å². The molecule has 8 heavy (non-hydrogen) atoms. The van der Waals surface area contributed by atoms with E-state index in [1.54, 1.807) is 0 Å². The van der Waals surface area contributed by atoms with E-state index in [0.29, 0.717) is 0 Å². The standard InChI is InChI=1S/C5H8Cl2O/c6-4-2-1-3-8-5(4)7/h4-5H,1-3H2/t4-,5-/m0/s1. The molecule has 1 nitrogen and oxygen atoms in total. The number of halogens is 2. The molecule has 0 unspecified atom stereocenters. The number of rotatable bonds is 0. The van der Waals surface area contributed by atoms with Gasteiger partial charge < -0.3 is 4.74 Å². The Kier molecular flexibility index (Phi) is 2.42. The zero-order chi connectivity index (χ0) is 5.98. The lowest BCUT2D eigenvalue weighted by atomic mass is 10.2. The summed E-state index contributed by atoms with van der Waals surface area (Å²) in [6.45, 7) is 0.761. The summed E-state index contributed by atoms with van der Waals surface area (Å²) in [6.07, 6.45) is 2.02. The minimum absolute atomic E-state index is 0.0189. The summed E-state index contributed by atoms with van der Waals surface area (Å²) in [4.78, 5) is 0. The molecule has 0 aromatic carbocycles. The van der Waals surface area contributed by atoms with E-state index in [2.05, 4.69) is 0 Å². The van der Waals surface area contributed by atoms with Gasteiger partial charge in [0.2, 0.25) is 0 Å². The molecular weight excluding hydrogens is 147 g/mol. The van der Waals surface area contributed by atoms with Crippen molar-refractivity contribution in [1.82, 2.24) is 0 Å². The molecule has 2 atom stereocenters. The third-order valence-corrected chi connectivity index (χ3v) is 2.19. The minimum atomic E-state index is -0.259. The summed E-state index contributed by atoms with van der Waals surface area (Å²) in [7, 11) is 0. The molecule has 0 saturated carbocycles. The summed E-state index contributed by atoms with van der Waals surface area (Å²) in [5, 5.41) is 0.0189. The molecule has 1 rings (SSSR count). The van der Waals surface area contributed by atoms with Gasteiger partial charge in [0.25, 0.3) is 0 Å². The first kappa shape index (κ1) is 6.66. The molecule has 1 saturated heterocycles. The molecule has 0 bridgehead atoms. The van der Waals surface area contributed by atoms with Crippen molar-refractivity contribution in [2.75, 3.05) is 6.61 Å². The molecule has 3 heteroatoms. The third-order valence-electron chi connectivity index (χ3n) is 1.19. The highest BCUT2D eigenvalue weighted by atomic mass is 35.5. The Morgan fingerprint density at radius 3 is 2.50 bits per heavy atom. The number of hydrogen-bond acceptors (Lipinski definition) is 1. The lowest BCUT2D eigenvalue weighted by molar-refractivity contribution is 0.0711. The second-order valence-corrected chi connectivity index (χ2v) is 2.87. The van der Waals surface area contributed by atoms with Crippen molar-refractivity contribution < 1.29 is 4.74 Å². The van der Waals surface area contributed by atoms with E-state index in [1.165, 1.54) is 0 Å². The molecule has 0 aliphatic carbocycles. The molecule has 0 spiro atoms. The molecule has 48 valence electrons. The highest BCUT2D eigenvalue weighted by molar-refractivity contribution is 6.29. The zero-order valence-electron chi connectivity index (χ0n) is 4.44. The van der Waals surface area contributed by atoms with Crippen molar-refractivity contribution in [3.63, 3.8) is 0 Å². The van der Waals surface area contributed by atoms with Crippen LogP contribution in [0.15, 0.2) is 0 Å². The quantitative estimate of drug-likeness (QED) is 0.486. The van der Waals surface area contributed by atoms with Crippen LogP contribution < -0.4 is 0 Å². The van der Waals surface area contributed by atoms with Crippen LogP contribution in [0.4, 0.5) is 0 Å². The fourth-order valence-corrected chi connectivity index (χ4v) is 1.15. The van der Waals surface area contributed by atoms with Crippen LogP contribution >= 0.6 is 23.2 Å². The van der Waals surface area contributed by atoms with E-state index in [0.717, 1.165) is 19.4 Å². The van der Waals surface area contributed by atoms with Gasteiger partial charge in [0, 0.05) is 6.61 Å². The maximum Gasteiger partial charge on any atom is 0.147 e. The van der Waals surface area contributed by atoms with Gasteiger partial charge in [-0.15, -0.1) is 11.6 Å². The first-order valence-corrected chi connectivity index (χ1v) is 3.58. The van der Waals surface area contributed by atoms with Crippen molar-refractivity contribution in [3.05, 3.63) is 0 Å². The van der Waals surface area contributed by atoms with Gasteiger partial charge in [-0.2, -0.15) is 0 Å². The van der Waals surface area contributed by atoms with Gasteiger partial charge in [0.05, 0.1) is 5.38 Å². The van der Waals surface area contributed by atoms with Crippen LogP contribution in [0.25, 0.3) is 0 Å². The van der Waals surface area contributed by atoms with E-state index >= 15 is 0 Å². The lowest BCUT2D eigenvalue weighted by Gasteiger charge is -2.21. The fourth-order valence-electron chi connectivity index (χ4n) is 0.710. The Balaban J connectivity index is 2.28. The largest absolute Gasteiger partial charge is 0.361 e. The second kappa shape index (κ2) is 2.90. The highest BCUT2D eigenvalue weighted by Gasteiger charge is 2.20. The Labute approximate surface area is 58.9 Å². The number of ether oxygens (including phenoxy) is 1. The normalized spacial score (nSPS) is 39.8. The van der Waals surface area contributed by atoms with Gasteiger partial charge in [-0.3, -0.25) is 0 Å². The molecule has 0 aromatic heterocycles. The van der Waals surface area contributed by atoms with Crippen molar-refractivity contribution in [2.24, 2.45) is 0 Å². The lowest BCUT2D eigenvalue weighted by Crippen LogP contribution is -2.24. The predicted octanol–water partition coefficient (Wildman–Crippen LogP) is 1.97. The van der Waals surface area contributed by atoms with Crippen LogP contribution in [0.5, 0.6) is 0 Å². The summed E-state index contributed by atoms with van der Waals surface area (Å²) in [5.41, 5.74) is -0.259. The van der Waals surface area contributed by atoms with Gasteiger partial charge in [0.15, 0.2) is 0 Å². The molecule has 0 N–H and O–H groups in total. The highest BCUT2D eigenvalue weighted by Crippen LogP contribution is 2.21. The Morgan fingerprint density at radius 1 is 1.38 bits per heavy atom. The topological polar surface area (TPSA) is 9.23 Å². The number of hydrogen-bond donors (Lipinski definition) is 0. The minimum Gasteiger partial charge on any atom is -0.361 e. The summed E-state index contributed by atoms with van der Waals surface area (Å²) in [5.74, 6) is 0. The van der Waals surface area contributed by atoms with Gasteiger partial charge >= 0.3 is 0 Å². The molecule has 1 aliphatic heterocycles. The van der Waals surface area contributed by atoms with Crippen LogP contribution in [0.1, 0.15) is 12.8 Å². The molecule has 1 aliphatic rings. The first-order chi connectivity index (χ1) is 3.80. The van der Waals surface area contributed by atoms with Crippen LogP contribution in [0.3, 0.4) is 0 Å². The maximum atomic E-state index is 5.71. The summed E-state index contributed by atoms with van der Waals surface area (Å²) >= 11 is 11.3. The monoisotopic (exact) mass is 154 g/mol. The second-order valence-electron chi connectivity index (χ2n) is 1.88. The SMILES string of the molecule is Cl[C@H]1CCCO[C@@H]1Cl. The van der Waals surface area contributed by atoms with Gasteiger partial charge in [-0.25, -0.2) is 0 Å². The summed E-state index contributed by atoms with van der Waals surface area (Å²) < 4.78 is 5.02. The molecule has 0 aromatic rings. The van der Waals surface area contributed by atoms with Crippen molar-refractivity contribution in [2.45, 2.75) is 23.8 Å². The van der Waals surface area contributed by atoms with Crippen molar-refractivity contribution >= 4 is 23.2 Å². The Bertz CT molecular complexity index is 66.8. The van der Waals surface area contributed by atoms with Gasteiger partial charge in [0.1, 0.15) is 5.56 Å². The van der Waals surface area contributed by atoms with Gasteiger partial charge in [-0.1, -0.05) is 11.6 Å². The first-order valence-electron chi connectivity index (χ1n) is 2.70. The smallest absolute Gasteiger partial charge is 0.147 e. The molecule has 1 heterocycles. The molecule has 0 radical (unpaired) electrons. The summed E-state index contributed by atoms with van der Waals surface area (Å²) in [6, 6.07) is 0. The van der Waals surface area contributed by atoms with E-state index in [-0.39, 0.29) is 10.9 Å². The third kappa shape index (κ3) is 1.51. The van der Waals surface area contributed by atoms with Crippen molar-refractivity contribution in [1.29, 1.82) is 0 Å². The average Bonchev–Trinajstić information content (AvgIpc) is 1.77. The van der Waals surface area contributed by atoms with E-state index in [1.807, 2.05) is 0 Å². The average molecular weight is 155 g/mol. The predicted molar refractivity (Wildman–Crippen MR) is 34.5 cm³/mol. The molecule has 0 amide bonds. The number of alkyl halides is 2. The molecule has 1 fully saturated rings. The molecular formula is C5H8Cl2O. The van der Waals surface area contributed by atoms with Gasteiger partial charge in [-0.05, 0) is 12.8 Å². The Hall–Kier alpha value is 0.540. The fraction of sp³-hybridized carbons (Fsp3) is 1.00. The Morgan fingerprint density at radius 2 is 2.12 bits per heavy atom. The van der Waals surface area contributed by atoms with Crippen LogP contribution in [-0.4, -0.2) is 17.5 Å². The van der Waals surface area contributed by atoms with Crippen molar-refractivity contribution in [3.8, 4) is 0 Å². The van der Waals surface area contributed by atoms with E-state index < -0.39 is 0 Å². The zero-order valence-corrected chi connectivity index (χ0v) is 5.95. The maximum absolute atomic E-state index is 5.71.